The predicted octanol–water partition coefficient (Wildman–Crippen LogP) is 1.91. The molecule has 1 fully saturated rings. The molecule has 1 heterocycles. The van der Waals surface area contributed by atoms with Crippen molar-refractivity contribution in [3.8, 4) is 0 Å². The third kappa shape index (κ3) is 4.70. The molecule has 0 aliphatic carbocycles. The van der Waals surface area contributed by atoms with Crippen molar-refractivity contribution in [1.29, 1.82) is 0 Å². The summed E-state index contributed by atoms with van der Waals surface area (Å²) >= 11 is 0. The van der Waals surface area contributed by atoms with Crippen LogP contribution < -0.4 is 0 Å². The van der Waals surface area contributed by atoms with Gasteiger partial charge in [-0.05, 0) is 27.2 Å². The quantitative estimate of drug-likeness (QED) is 0.660. The van der Waals surface area contributed by atoms with Crippen molar-refractivity contribution < 1.29 is 28.5 Å². The molecule has 0 amide bonds. The van der Waals surface area contributed by atoms with Gasteiger partial charge in [0.1, 0.15) is 13.2 Å². The second-order valence-electron chi connectivity index (χ2n) is 5.17. The largest absolute Gasteiger partial charge is 0.508 e. The predicted molar refractivity (Wildman–Crippen MR) is 66.7 cm³/mol. The van der Waals surface area contributed by atoms with E-state index >= 15 is 0 Å². The highest BCUT2D eigenvalue weighted by Gasteiger charge is 2.35. The molecule has 1 aliphatic heterocycles. The first-order valence-electron chi connectivity index (χ1n) is 6.49. The Balaban J connectivity index is 2.42. The maximum Gasteiger partial charge on any atom is 0.508 e. The number of cyclic esters (lactones) is 2. The highest BCUT2D eigenvalue weighted by molar-refractivity contribution is 5.76. The Morgan fingerprint density at radius 2 is 2.21 bits per heavy atom. The van der Waals surface area contributed by atoms with E-state index in [4.69, 9.17) is 14.2 Å². The van der Waals surface area contributed by atoms with Crippen molar-refractivity contribution in [2.75, 3.05) is 19.8 Å². The molecule has 0 bridgehead atoms. The molecule has 0 aromatic rings. The van der Waals surface area contributed by atoms with Gasteiger partial charge >= 0.3 is 12.1 Å². The van der Waals surface area contributed by atoms with Crippen molar-refractivity contribution >= 4 is 12.1 Å². The van der Waals surface area contributed by atoms with Crippen LogP contribution in [0.15, 0.2) is 0 Å². The summed E-state index contributed by atoms with van der Waals surface area (Å²) in [5.41, 5.74) is -0.687. The van der Waals surface area contributed by atoms with Crippen LogP contribution in [0.2, 0.25) is 0 Å². The molecular formula is C13H22O6. The van der Waals surface area contributed by atoms with Crippen LogP contribution in [-0.4, -0.2) is 44.2 Å². The third-order valence-corrected chi connectivity index (χ3v) is 3.06. The Morgan fingerprint density at radius 3 is 2.68 bits per heavy atom. The fraction of sp³-hybridized carbons (Fsp3) is 0.846. The maximum absolute atomic E-state index is 12.1. The number of hydrogen-bond donors (Lipinski definition) is 0. The summed E-state index contributed by atoms with van der Waals surface area (Å²) in [5, 5.41) is 0. The molecule has 0 spiro atoms. The van der Waals surface area contributed by atoms with Crippen LogP contribution >= 0.6 is 0 Å². The van der Waals surface area contributed by atoms with E-state index in [2.05, 4.69) is 4.74 Å². The highest BCUT2D eigenvalue weighted by atomic mass is 16.8. The number of carbonyl (C=O) groups excluding carboxylic acids is 2. The van der Waals surface area contributed by atoms with Gasteiger partial charge in [-0.15, -0.1) is 0 Å². The van der Waals surface area contributed by atoms with Gasteiger partial charge < -0.3 is 18.9 Å². The van der Waals surface area contributed by atoms with Gasteiger partial charge in [0.15, 0.2) is 6.10 Å². The average Bonchev–Trinajstić information content (AvgIpc) is 2.78. The zero-order chi connectivity index (χ0) is 14.5. The lowest BCUT2D eigenvalue weighted by atomic mass is 9.89. The van der Waals surface area contributed by atoms with E-state index in [1.807, 2.05) is 20.8 Å². The Kier molecular flexibility index (Phi) is 5.60. The fourth-order valence-electron chi connectivity index (χ4n) is 1.45. The maximum atomic E-state index is 12.1. The van der Waals surface area contributed by atoms with E-state index in [9.17, 15) is 9.59 Å². The Labute approximate surface area is 113 Å². The van der Waals surface area contributed by atoms with E-state index in [-0.39, 0.29) is 25.3 Å². The number of ether oxygens (including phenoxy) is 4. The Morgan fingerprint density at radius 1 is 1.53 bits per heavy atom. The summed E-state index contributed by atoms with van der Waals surface area (Å²) in [5.74, 6) is -0.349. The molecule has 2 unspecified atom stereocenters. The normalized spacial score (nSPS) is 21.7. The van der Waals surface area contributed by atoms with Crippen LogP contribution in [0.4, 0.5) is 4.79 Å². The van der Waals surface area contributed by atoms with Gasteiger partial charge in [0.05, 0.1) is 18.1 Å². The number of esters is 1. The summed E-state index contributed by atoms with van der Waals surface area (Å²) in [6.07, 6.45) is -0.562. The average molecular weight is 274 g/mol. The molecule has 0 saturated carbocycles. The molecule has 19 heavy (non-hydrogen) atoms. The van der Waals surface area contributed by atoms with Gasteiger partial charge in [-0.1, -0.05) is 6.92 Å². The molecule has 6 nitrogen and oxygen atoms in total. The van der Waals surface area contributed by atoms with Crippen LogP contribution in [0.3, 0.4) is 0 Å². The first-order valence-corrected chi connectivity index (χ1v) is 6.49. The van der Waals surface area contributed by atoms with E-state index < -0.39 is 17.7 Å². The van der Waals surface area contributed by atoms with Crippen molar-refractivity contribution in [3.63, 3.8) is 0 Å². The minimum Gasteiger partial charge on any atom is -0.461 e. The van der Waals surface area contributed by atoms with Crippen LogP contribution in [0.25, 0.3) is 0 Å². The summed E-state index contributed by atoms with van der Waals surface area (Å²) in [6.45, 7) is 7.98. The molecule has 0 aromatic heterocycles. The number of rotatable bonds is 7. The van der Waals surface area contributed by atoms with Gasteiger partial charge in [0.2, 0.25) is 0 Å². The van der Waals surface area contributed by atoms with Crippen LogP contribution in [0.1, 0.15) is 34.1 Å². The minimum absolute atomic E-state index is 0.0157. The summed E-state index contributed by atoms with van der Waals surface area (Å²) in [6, 6.07) is 0. The molecule has 2 atom stereocenters. The first-order chi connectivity index (χ1) is 8.87. The van der Waals surface area contributed by atoms with Gasteiger partial charge in [0, 0.05) is 0 Å². The summed E-state index contributed by atoms with van der Waals surface area (Å²) in [4.78, 5) is 22.8. The highest BCUT2D eigenvalue weighted by Crippen LogP contribution is 2.24. The first kappa shape index (κ1) is 15.8. The van der Waals surface area contributed by atoms with E-state index in [1.54, 1.807) is 6.92 Å². The fourth-order valence-corrected chi connectivity index (χ4v) is 1.45. The van der Waals surface area contributed by atoms with Gasteiger partial charge in [-0.25, -0.2) is 4.79 Å². The van der Waals surface area contributed by atoms with Crippen molar-refractivity contribution in [2.45, 2.75) is 46.3 Å². The van der Waals surface area contributed by atoms with Gasteiger partial charge in [-0.3, -0.25) is 4.79 Å². The molecule has 1 rings (SSSR count). The minimum atomic E-state index is -0.720. The smallest absolute Gasteiger partial charge is 0.461 e. The Hall–Kier alpha value is -1.30. The van der Waals surface area contributed by atoms with Crippen LogP contribution in [0.5, 0.6) is 0 Å². The van der Waals surface area contributed by atoms with Gasteiger partial charge in [0.25, 0.3) is 0 Å². The number of carbonyl (C=O) groups is 2. The van der Waals surface area contributed by atoms with E-state index in [0.717, 1.165) is 0 Å². The third-order valence-electron chi connectivity index (χ3n) is 3.06. The van der Waals surface area contributed by atoms with E-state index in [1.165, 1.54) is 0 Å². The van der Waals surface area contributed by atoms with Crippen molar-refractivity contribution in [3.05, 3.63) is 0 Å². The van der Waals surface area contributed by atoms with Gasteiger partial charge in [-0.2, -0.15) is 0 Å². The lowest BCUT2D eigenvalue weighted by Crippen LogP contribution is -2.36. The molecule has 0 radical (unpaired) electrons. The number of hydrogen-bond acceptors (Lipinski definition) is 6. The van der Waals surface area contributed by atoms with Crippen molar-refractivity contribution in [1.82, 2.24) is 0 Å². The lowest BCUT2D eigenvalue weighted by molar-refractivity contribution is -0.162. The Bertz CT molecular complexity index is 327. The molecule has 1 aliphatic rings. The SMILES string of the molecule is CCC(C)(COC(C)C)C(=O)OCC1COC(=O)O1. The zero-order valence-corrected chi connectivity index (χ0v) is 11.9. The summed E-state index contributed by atoms with van der Waals surface area (Å²) in [7, 11) is 0. The molecule has 6 heteroatoms. The van der Waals surface area contributed by atoms with Crippen molar-refractivity contribution in [2.24, 2.45) is 5.41 Å². The molecule has 1 saturated heterocycles. The monoisotopic (exact) mass is 274 g/mol. The molecular weight excluding hydrogens is 252 g/mol. The van der Waals surface area contributed by atoms with Crippen LogP contribution in [0, 0.1) is 5.41 Å². The molecule has 0 aromatic carbocycles. The zero-order valence-electron chi connectivity index (χ0n) is 11.9. The second kappa shape index (κ2) is 6.75. The summed E-state index contributed by atoms with van der Waals surface area (Å²) < 4.78 is 20.1. The molecule has 110 valence electrons. The topological polar surface area (TPSA) is 71.1 Å². The standard InChI is InChI=1S/C13H22O6/c1-5-13(4,8-18-9(2)3)11(14)16-6-10-7-17-12(15)19-10/h9-10H,5-8H2,1-4H3. The molecule has 0 N–H and O–H groups in total. The second-order valence-corrected chi connectivity index (χ2v) is 5.17. The van der Waals surface area contributed by atoms with Crippen LogP contribution in [-0.2, 0) is 23.7 Å². The van der Waals surface area contributed by atoms with E-state index in [0.29, 0.717) is 13.0 Å². The lowest BCUT2D eigenvalue weighted by Gasteiger charge is -2.27.